The normalized spacial score (nSPS) is 10.0. The van der Waals surface area contributed by atoms with Crippen molar-refractivity contribution >= 4 is 22.7 Å². The molecule has 0 atom stereocenters. The van der Waals surface area contributed by atoms with E-state index < -0.39 is 53.9 Å². The van der Waals surface area contributed by atoms with Crippen molar-refractivity contribution in [3.63, 3.8) is 0 Å². The van der Waals surface area contributed by atoms with Gasteiger partial charge in [-0.25, -0.2) is 0 Å². The summed E-state index contributed by atoms with van der Waals surface area (Å²) in [5, 5.41) is 43.2. The Morgan fingerprint density at radius 1 is 0.577 bits per heavy atom. The zero-order valence-corrected chi connectivity index (χ0v) is 12.3. The Hall–Kier alpha value is -4.36. The molecule has 0 aromatic heterocycles. The van der Waals surface area contributed by atoms with E-state index in [1.807, 2.05) is 0 Å². The topological polar surface area (TPSA) is 191 Å². The lowest BCUT2D eigenvalue weighted by Crippen LogP contribution is -2.06. The fraction of sp³-hybridized carbons (Fsp3) is 0. The molecule has 14 nitrogen and oxygen atoms in total. The van der Waals surface area contributed by atoms with Crippen LogP contribution in [-0.2, 0) is 0 Å². The summed E-state index contributed by atoms with van der Waals surface area (Å²) in [5.74, 6) is -1.12. The van der Waals surface area contributed by atoms with Crippen LogP contribution in [0.1, 0.15) is 0 Å². The molecule has 2 aromatic carbocycles. The molecule has 0 radical (unpaired) electrons. The largest absolute Gasteiger partial charge is 0.323 e. The van der Waals surface area contributed by atoms with Crippen molar-refractivity contribution in [1.82, 2.24) is 0 Å². The van der Waals surface area contributed by atoms with Gasteiger partial charge in [0.2, 0.25) is 0 Å². The summed E-state index contributed by atoms with van der Waals surface area (Å²) in [7, 11) is 0. The van der Waals surface area contributed by atoms with Gasteiger partial charge in [-0.1, -0.05) is 0 Å². The van der Waals surface area contributed by atoms with E-state index in [1.54, 1.807) is 0 Å². The minimum Gasteiger partial charge on any atom is -0.282 e. The summed E-state index contributed by atoms with van der Waals surface area (Å²) in [6.45, 7) is 0. The van der Waals surface area contributed by atoms with Gasteiger partial charge in [-0.05, 0) is 12.1 Å². The molecular weight excluding hydrogens is 360 g/mol. The van der Waals surface area contributed by atoms with Crippen molar-refractivity contribution in [3.8, 4) is 11.5 Å². The van der Waals surface area contributed by atoms with Crippen LogP contribution in [0.3, 0.4) is 0 Å². The molecule has 0 spiro atoms. The monoisotopic (exact) mass is 366 g/mol. The van der Waals surface area contributed by atoms with Crippen LogP contribution in [0, 0.1) is 40.5 Å². The third kappa shape index (κ3) is 3.75. The van der Waals surface area contributed by atoms with Gasteiger partial charge in [0.05, 0.1) is 31.8 Å². The Labute approximate surface area is 141 Å². The molecule has 0 aliphatic carbocycles. The minimum atomic E-state index is -0.976. The van der Waals surface area contributed by atoms with Crippen molar-refractivity contribution in [2.24, 2.45) is 0 Å². The first-order valence-corrected chi connectivity index (χ1v) is 6.41. The van der Waals surface area contributed by atoms with Gasteiger partial charge in [0.25, 0.3) is 22.9 Å². The van der Waals surface area contributed by atoms with E-state index in [0.29, 0.717) is 12.1 Å². The lowest BCUT2D eigenvalue weighted by atomic mass is 10.2. The molecule has 0 aliphatic rings. The van der Waals surface area contributed by atoms with Gasteiger partial charge in [-0.2, -0.15) is 0 Å². The van der Waals surface area contributed by atoms with Crippen LogP contribution < -0.4 is 9.78 Å². The van der Waals surface area contributed by atoms with Crippen LogP contribution in [0.5, 0.6) is 11.5 Å². The van der Waals surface area contributed by atoms with Crippen LogP contribution in [0.4, 0.5) is 22.7 Å². The number of benzene rings is 2. The molecule has 26 heavy (non-hydrogen) atoms. The molecule has 134 valence electrons. The van der Waals surface area contributed by atoms with Crippen molar-refractivity contribution in [3.05, 3.63) is 76.9 Å². The average molecular weight is 366 g/mol. The van der Waals surface area contributed by atoms with Crippen molar-refractivity contribution < 1.29 is 29.5 Å². The Bertz CT molecular complexity index is 853. The van der Waals surface area contributed by atoms with E-state index in [2.05, 4.69) is 9.78 Å². The summed E-state index contributed by atoms with van der Waals surface area (Å²) in [6.07, 6.45) is 0. The molecular formula is C12H6N4O10. The zero-order valence-electron chi connectivity index (χ0n) is 12.3. The van der Waals surface area contributed by atoms with Crippen LogP contribution in [0.2, 0.25) is 0 Å². The van der Waals surface area contributed by atoms with Gasteiger partial charge in [-0.15, -0.1) is 0 Å². The second-order valence-corrected chi connectivity index (χ2v) is 4.50. The van der Waals surface area contributed by atoms with Crippen molar-refractivity contribution in [2.45, 2.75) is 0 Å². The van der Waals surface area contributed by atoms with Gasteiger partial charge in [0.15, 0.2) is 0 Å². The summed E-state index contributed by atoms with van der Waals surface area (Å²) >= 11 is 0. The average Bonchev–Trinajstić information content (AvgIpc) is 2.59. The predicted octanol–water partition coefficient (Wildman–Crippen LogP) is 2.69. The highest BCUT2D eigenvalue weighted by molar-refractivity contribution is 5.55. The molecule has 0 saturated heterocycles. The maximum Gasteiger partial charge on any atom is 0.323 e. The summed E-state index contributed by atoms with van der Waals surface area (Å²) < 4.78 is 0. The Balaban J connectivity index is 2.34. The standard InChI is InChI=1S/C12H6N4O10/c17-13(18)7-1-3-11(9(5-7)15(21)22)25-26-12-4-2-8(14(19)20)6-10(12)16(23)24/h1-6H. The number of nitro groups is 4. The molecule has 0 bridgehead atoms. The number of nitro benzene ring substituents is 4. The van der Waals surface area contributed by atoms with Crippen LogP contribution in [0.15, 0.2) is 36.4 Å². The molecule has 0 amide bonds. The third-order valence-corrected chi connectivity index (χ3v) is 2.92. The molecule has 0 N–H and O–H groups in total. The molecule has 0 heterocycles. The number of rotatable bonds is 7. The molecule has 14 heteroatoms. The van der Waals surface area contributed by atoms with Crippen LogP contribution in [0.25, 0.3) is 0 Å². The van der Waals surface area contributed by atoms with Gasteiger partial charge in [-0.3, -0.25) is 50.2 Å². The SMILES string of the molecule is O=[N+]([O-])c1ccc(OOc2ccc([N+](=O)[O-])cc2[N+](=O)[O-])c([N+](=O)[O-])c1. The maximum absolute atomic E-state index is 11.0. The molecule has 2 rings (SSSR count). The zero-order chi connectivity index (χ0) is 19.4. The number of hydrogen-bond acceptors (Lipinski definition) is 10. The highest BCUT2D eigenvalue weighted by Crippen LogP contribution is 2.34. The Morgan fingerprint density at radius 2 is 0.923 bits per heavy atom. The smallest absolute Gasteiger partial charge is 0.282 e. The minimum absolute atomic E-state index is 0.562. The Morgan fingerprint density at radius 3 is 1.19 bits per heavy atom. The van der Waals surface area contributed by atoms with E-state index in [0.717, 1.165) is 24.3 Å². The predicted molar refractivity (Wildman–Crippen MR) is 80.8 cm³/mol. The second kappa shape index (κ2) is 7.04. The first-order valence-electron chi connectivity index (χ1n) is 6.41. The third-order valence-electron chi connectivity index (χ3n) is 2.92. The van der Waals surface area contributed by atoms with Gasteiger partial charge in [0.1, 0.15) is 0 Å². The lowest BCUT2D eigenvalue weighted by molar-refractivity contribution is -0.397. The van der Waals surface area contributed by atoms with E-state index in [9.17, 15) is 40.5 Å². The lowest BCUT2D eigenvalue weighted by Gasteiger charge is -2.06. The molecule has 0 saturated carbocycles. The van der Waals surface area contributed by atoms with Gasteiger partial charge in [0, 0.05) is 12.1 Å². The van der Waals surface area contributed by atoms with E-state index >= 15 is 0 Å². The number of hydrogen-bond donors (Lipinski definition) is 0. The highest BCUT2D eigenvalue weighted by atomic mass is 17.2. The maximum atomic E-state index is 11.0. The van der Waals surface area contributed by atoms with Gasteiger partial charge >= 0.3 is 11.4 Å². The first kappa shape index (κ1) is 18.0. The molecule has 0 unspecified atom stereocenters. The Kier molecular flexibility index (Phi) is 4.87. The highest BCUT2D eigenvalue weighted by Gasteiger charge is 2.25. The summed E-state index contributed by atoms with van der Waals surface area (Å²) in [5.41, 5.74) is -2.79. The fourth-order valence-corrected chi connectivity index (χ4v) is 1.75. The fourth-order valence-electron chi connectivity index (χ4n) is 1.75. The van der Waals surface area contributed by atoms with Crippen molar-refractivity contribution in [1.29, 1.82) is 0 Å². The van der Waals surface area contributed by atoms with Crippen molar-refractivity contribution in [2.75, 3.05) is 0 Å². The van der Waals surface area contributed by atoms with Crippen LogP contribution >= 0.6 is 0 Å². The first-order chi connectivity index (χ1) is 12.2. The molecule has 0 fully saturated rings. The van der Waals surface area contributed by atoms with Gasteiger partial charge < -0.3 is 0 Å². The quantitative estimate of drug-likeness (QED) is 0.399. The molecule has 0 aliphatic heterocycles. The summed E-state index contributed by atoms with van der Waals surface area (Å²) in [4.78, 5) is 48.9. The summed E-state index contributed by atoms with van der Waals surface area (Å²) in [6, 6.07) is 4.76. The number of nitrogens with zero attached hydrogens (tertiary/aromatic N) is 4. The molecule has 2 aromatic rings. The second-order valence-electron chi connectivity index (χ2n) is 4.50. The van der Waals surface area contributed by atoms with E-state index in [4.69, 9.17) is 0 Å². The number of non-ortho nitro benzene ring substituents is 2. The van der Waals surface area contributed by atoms with E-state index in [-0.39, 0.29) is 0 Å². The van der Waals surface area contributed by atoms with E-state index in [1.165, 1.54) is 0 Å². The van der Waals surface area contributed by atoms with Crippen LogP contribution in [-0.4, -0.2) is 19.7 Å².